The summed E-state index contributed by atoms with van der Waals surface area (Å²) in [7, 11) is 0. The molecule has 4 rings (SSSR count). The molecule has 3 N–H and O–H groups in total. The van der Waals surface area contributed by atoms with Gasteiger partial charge in [-0.3, -0.25) is 9.59 Å². The lowest BCUT2D eigenvalue weighted by Crippen LogP contribution is -2.51. The molecule has 0 aliphatic carbocycles. The normalized spacial score (nSPS) is 13.0. The minimum Gasteiger partial charge on any atom is -0.479 e. The Morgan fingerprint density at radius 3 is 2.16 bits per heavy atom. The Balaban J connectivity index is 1.57. The number of carboxylic acid groups (broad SMARTS) is 1. The third-order valence-electron chi connectivity index (χ3n) is 6.85. The van der Waals surface area contributed by atoms with Gasteiger partial charge in [-0.05, 0) is 49.4 Å². The quantitative estimate of drug-likeness (QED) is 0.299. The number of hydrogen-bond acceptors (Lipinski definition) is 6. The first kappa shape index (κ1) is 26.7. The van der Waals surface area contributed by atoms with Crippen LogP contribution in [0.5, 0.6) is 0 Å². The standard InChI is InChI=1S/C29H30N2O7/c1-14(2)25(27(33)31-26(28(34)35)18-9-7-6-8-10-18)30-24(32)12-21-16(4)20-11-19-15(3)17(5)37-22(19)13-23(20)38-29(21)36/h6-11,13-14,25-26H,12H2,1-5H3,(H,30,32)(H,31,33)(H,34,35). The van der Waals surface area contributed by atoms with Crippen molar-refractivity contribution in [3.8, 4) is 0 Å². The van der Waals surface area contributed by atoms with Gasteiger partial charge in [-0.2, -0.15) is 0 Å². The van der Waals surface area contributed by atoms with Crippen molar-refractivity contribution in [2.75, 3.05) is 0 Å². The third kappa shape index (κ3) is 5.18. The molecule has 0 fully saturated rings. The van der Waals surface area contributed by atoms with Crippen LogP contribution in [0.4, 0.5) is 0 Å². The predicted octanol–water partition coefficient (Wildman–Crippen LogP) is 4.09. The number of furan rings is 1. The van der Waals surface area contributed by atoms with Crippen molar-refractivity contribution in [1.29, 1.82) is 0 Å². The summed E-state index contributed by atoms with van der Waals surface area (Å²) in [6.45, 7) is 9.02. The van der Waals surface area contributed by atoms with Gasteiger partial charge in [0.1, 0.15) is 23.0 Å². The summed E-state index contributed by atoms with van der Waals surface area (Å²) in [5.74, 6) is -2.00. The van der Waals surface area contributed by atoms with Crippen LogP contribution in [0.3, 0.4) is 0 Å². The van der Waals surface area contributed by atoms with Crippen LogP contribution in [-0.4, -0.2) is 28.9 Å². The number of fused-ring (bicyclic) bond motifs is 2. The van der Waals surface area contributed by atoms with Crippen molar-refractivity contribution in [1.82, 2.24) is 10.6 Å². The molecule has 0 aliphatic rings. The predicted molar refractivity (Wildman–Crippen MR) is 142 cm³/mol. The Morgan fingerprint density at radius 1 is 0.895 bits per heavy atom. The van der Waals surface area contributed by atoms with Gasteiger partial charge in [0.05, 0.1) is 12.0 Å². The topological polar surface area (TPSA) is 139 Å². The maximum absolute atomic E-state index is 13.0. The van der Waals surface area contributed by atoms with Gasteiger partial charge in [0.2, 0.25) is 11.8 Å². The van der Waals surface area contributed by atoms with Gasteiger partial charge in [0, 0.05) is 16.8 Å². The second-order valence-electron chi connectivity index (χ2n) is 9.78. The smallest absolute Gasteiger partial charge is 0.340 e. The highest BCUT2D eigenvalue weighted by atomic mass is 16.4. The van der Waals surface area contributed by atoms with Gasteiger partial charge in [0.15, 0.2) is 6.04 Å². The Bertz CT molecular complexity index is 1600. The minimum atomic E-state index is -1.27. The van der Waals surface area contributed by atoms with Crippen molar-refractivity contribution < 1.29 is 28.3 Å². The number of hydrogen-bond donors (Lipinski definition) is 3. The maximum atomic E-state index is 13.0. The molecule has 2 unspecified atom stereocenters. The lowest BCUT2D eigenvalue weighted by molar-refractivity contribution is -0.142. The maximum Gasteiger partial charge on any atom is 0.340 e. The van der Waals surface area contributed by atoms with E-state index < -0.39 is 35.5 Å². The van der Waals surface area contributed by atoms with E-state index in [4.69, 9.17) is 8.83 Å². The van der Waals surface area contributed by atoms with E-state index in [9.17, 15) is 24.3 Å². The summed E-state index contributed by atoms with van der Waals surface area (Å²) in [4.78, 5) is 50.7. The zero-order valence-electron chi connectivity index (χ0n) is 21.9. The summed E-state index contributed by atoms with van der Waals surface area (Å²) in [6, 6.07) is 9.57. The highest BCUT2D eigenvalue weighted by molar-refractivity contribution is 5.97. The van der Waals surface area contributed by atoms with Crippen molar-refractivity contribution >= 4 is 39.7 Å². The number of carbonyl (C=O) groups excluding carboxylic acids is 2. The van der Waals surface area contributed by atoms with E-state index in [1.807, 2.05) is 19.9 Å². The zero-order chi connectivity index (χ0) is 27.7. The second kappa shape index (κ2) is 10.5. The molecular formula is C29H30N2O7. The molecule has 0 saturated carbocycles. The number of amides is 2. The van der Waals surface area contributed by atoms with Crippen LogP contribution < -0.4 is 16.3 Å². The molecule has 38 heavy (non-hydrogen) atoms. The minimum absolute atomic E-state index is 0.183. The summed E-state index contributed by atoms with van der Waals surface area (Å²) >= 11 is 0. The van der Waals surface area contributed by atoms with Gasteiger partial charge < -0.3 is 24.6 Å². The van der Waals surface area contributed by atoms with Crippen molar-refractivity contribution in [3.05, 3.63) is 80.9 Å². The van der Waals surface area contributed by atoms with Gasteiger partial charge in [-0.15, -0.1) is 0 Å². The molecule has 0 saturated heterocycles. The molecule has 2 atom stereocenters. The van der Waals surface area contributed by atoms with E-state index in [1.54, 1.807) is 57.2 Å². The molecule has 9 nitrogen and oxygen atoms in total. The van der Waals surface area contributed by atoms with Crippen LogP contribution in [0.15, 0.2) is 56.1 Å². The Labute approximate surface area is 218 Å². The fraction of sp³-hybridized carbons (Fsp3) is 0.310. The molecule has 0 spiro atoms. The fourth-order valence-corrected chi connectivity index (χ4v) is 4.51. The Morgan fingerprint density at radius 2 is 1.53 bits per heavy atom. The number of benzene rings is 2. The average molecular weight is 519 g/mol. The van der Waals surface area contributed by atoms with E-state index in [2.05, 4.69) is 10.6 Å². The summed E-state index contributed by atoms with van der Waals surface area (Å²) in [5, 5.41) is 16.4. The summed E-state index contributed by atoms with van der Waals surface area (Å²) in [5.41, 5.74) is 2.50. The Hall–Kier alpha value is -4.40. The molecule has 0 aliphatic heterocycles. The fourth-order valence-electron chi connectivity index (χ4n) is 4.51. The molecule has 2 aromatic carbocycles. The van der Waals surface area contributed by atoms with E-state index in [1.165, 1.54) is 0 Å². The van der Waals surface area contributed by atoms with Crippen molar-refractivity contribution in [3.63, 3.8) is 0 Å². The first-order valence-electron chi connectivity index (χ1n) is 12.3. The average Bonchev–Trinajstić information content (AvgIpc) is 3.14. The van der Waals surface area contributed by atoms with Gasteiger partial charge in [0.25, 0.3) is 0 Å². The molecule has 4 aromatic rings. The lowest BCUT2D eigenvalue weighted by Gasteiger charge is -2.24. The third-order valence-corrected chi connectivity index (χ3v) is 6.85. The lowest BCUT2D eigenvalue weighted by atomic mass is 9.99. The number of nitrogens with one attached hydrogen (secondary N) is 2. The van der Waals surface area contributed by atoms with E-state index in [-0.39, 0.29) is 17.9 Å². The van der Waals surface area contributed by atoms with Gasteiger partial charge in [-0.1, -0.05) is 44.2 Å². The Kier molecular flexibility index (Phi) is 7.39. The van der Waals surface area contributed by atoms with Crippen molar-refractivity contribution in [2.45, 2.75) is 53.1 Å². The van der Waals surface area contributed by atoms with Gasteiger partial charge >= 0.3 is 11.6 Å². The number of carbonyl (C=O) groups is 3. The number of carboxylic acids is 1. The van der Waals surface area contributed by atoms with E-state index >= 15 is 0 Å². The summed E-state index contributed by atoms with van der Waals surface area (Å²) < 4.78 is 11.3. The van der Waals surface area contributed by atoms with Crippen LogP contribution in [0.1, 0.15) is 47.9 Å². The molecular weight excluding hydrogens is 488 g/mol. The van der Waals surface area contributed by atoms with Crippen molar-refractivity contribution in [2.24, 2.45) is 5.92 Å². The molecule has 0 bridgehead atoms. The summed E-state index contributed by atoms with van der Waals surface area (Å²) in [6.07, 6.45) is -0.302. The first-order chi connectivity index (χ1) is 18.0. The van der Waals surface area contributed by atoms with Crippen LogP contribution in [0.25, 0.3) is 21.9 Å². The molecule has 2 heterocycles. The van der Waals surface area contributed by atoms with Crippen LogP contribution in [0.2, 0.25) is 0 Å². The SMILES string of the molecule is Cc1oc2cc3oc(=O)c(CC(=O)NC(C(=O)NC(C(=O)O)c4ccccc4)C(C)C)c(C)c3cc2c1C. The zero-order valence-corrected chi connectivity index (χ0v) is 21.9. The van der Waals surface area contributed by atoms with Gasteiger partial charge in [-0.25, -0.2) is 9.59 Å². The molecule has 198 valence electrons. The number of rotatable bonds is 8. The molecule has 9 heteroatoms. The molecule has 2 aromatic heterocycles. The largest absolute Gasteiger partial charge is 0.479 e. The first-order valence-corrected chi connectivity index (χ1v) is 12.3. The molecule has 0 radical (unpaired) electrons. The van der Waals surface area contributed by atoms with Crippen LogP contribution >= 0.6 is 0 Å². The number of aryl methyl sites for hydroxylation is 3. The monoisotopic (exact) mass is 518 g/mol. The van der Waals surface area contributed by atoms with E-state index in [0.29, 0.717) is 27.7 Å². The van der Waals surface area contributed by atoms with Crippen LogP contribution in [-0.2, 0) is 20.8 Å². The van der Waals surface area contributed by atoms with E-state index in [0.717, 1.165) is 16.7 Å². The highest BCUT2D eigenvalue weighted by Crippen LogP contribution is 2.31. The number of aliphatic carboxylic acids is 1. The highest BCUT2D eigenvalue weighted by Gasteiger charge is 2.30. The van der Waals surface area contributed by atoms with Crippen LogP contribution in [0, 0.1) is 26.7 Å². The molecule has 2 amide bonds. The second-order valence-corrected chi connectivity index (χ2v) is 9.78.